The molecule has 0 radical (unpaired) electrons. The average Bonchev–Trinajstić information content (AvgIpc) is 3.02. The Balaban J connectivity index is 1.30. The normalized spacial score (nSPS) is 23.4. The molecule has 2 aromatic rings. The first-order valence-corrected chi connectivity index (χ1v) is 16.3. The zero-order chi connectivity index (χ0) is 29.9. The molecule has 1 unspecified atom stereocenters. The third-order valence-electron chi connectivity index (χ3n) is 10.2. The third kappa shape index (κ3) is 5.85. The van der Waals surface area contributed by atoms with Gasteiger partial charge in [0.2, 0.25) is 5.95 Å². The van der Waals surface area contributed by atoms with Crippen LogP contribution >= 0.6 is 0 Å². The maximum atomic E-state index is 9.70. The van der Waals surface area contributed by atoms with Crippen molar-refractivity contribution in [2.75, 3.05) is 74.2 Å². The van der Waals surface area contributed by atoms with Gasteiger partial charge in [-0.05, 0) is 56.5 Å². The first-order chi connectivity index (χ1) is 21.1. The van der Waals surface area contributed by atoms with Gasteiger partial charge in [0.25, 0.3) is 0 Å². The lowest BCUT2D eigenvalue weighted by molar-refractivity contribution is -0.0269. The van der Waals surface area contributed by atoms with E-state index < -0.39 is 0 Å². The molecule has 0 spiro atoms. The molecule has 2 saturated heterocycles. The summed E-state index contributed by atoms with van der Waals surface area (Å²) in [6.07, 6.45) is 7.49. The summed E-state index contributed by atoms with van der Waals surface area (Å²) >= 11 is 0. The van der Waals surface area contributed by atoms with E-state index in [4.69, 9.17) is 14.7 Å². The molecule has 43 heavy (non-hydrogen) atoms. The second-order valence-corrected chi connectivity index (χ2v) is 12.4. The van der Waals surface area contributed by atoms with Gasteiger partial charge < -0.3 is 19.4 Å². The topological polar surface area (TPSA) is 75.0 Å². The number of para-hydroxylation sites is 1. The summed E-state index contributed by atoms with van der Waals surface area (Å²) in [5, 5.41) is 9.70. The molecule has 230 valence electrons. The number of aryl methyl sites for hydroxylation is 1. The fraction of sp³-hybridized carbons (Fsp3) is 0.618. The fourth-order valence-electron chi connectivity index (χ4n) is 7.82. The Morgan fingerprint density at radius 2 is 1.91 bits per heavy atom. The molecule has 1 aromatic carbocycles. The number of ether oxygens (including phenoxy) is 1. The molecule has 3 atom stereocenters. The van der Waals surface area contributed by atoms with Gasteiger partial charge in [0.15, 0.2) is 0 Å². The molecule has 0 saturated carbocycles. The molecule has 0 N–H and O–H groups in total. The summed E-state index contributed by atoms with van der Waals surface area (Å²) in [4.78, 5) is 22.9. The number of piperazine rings is 1. The average molecular weight is 585 g/mol. The van der Waals surface area contributed by atoms with Gasteiger partial charge in [-0.3, -0.25) is 9.80 Å². The van der Waals surface area contributed by atoms with Gasteiger partial charge in [0.05, 0.1) is 18.2 Å². The number of likely N-dealkylation sites (N-methyl/N-ethyl adjacent to an activating group) is 1. The zero-order valence-electron chi connectivity index (χ0n) is 26.3. The van der Waals surface area contributed by atoms with Crippen LogP contribution < -0.4 is 14.7 Å². The zero-order valence-corrected chi connectivity index (χ0v) is 26.3. The monoisotopic (exact) mass is 584 g/mol. The highest BCUT2D eigenvalue weighted by Gasteiger charge is 2.38. The number of hydrogen-bond donors (Lipinski definition) is 0. The maximum absolute atomic E-state index is 9.70. The maximum Gasteiger partial charge on any atom is 0.227 e. The lowest BCUT2D eigenvalue weighted by Crippen LogP contribution is -2.60. The molecule has 4 aliphatic rings. The van der Waals surface area contributed by atoms with E-state index in [1.165, 1.54) is 35.3 Å². The standard InChI is InChI=1S/C34H48N8O/c1-5-32(43-4)42-20-19-39(22-27(42)16-17-35)33-29-15-14-26(41-18-10-12-25-11-8-9-13-31(25)41)21-30(29)36-34(37-33)40-23-28(24-40)38(6-2)7-3/h5,8-9,11,13,26-28,32H,1,6-7,10,12,14-16,18-24H2,2-4H3/t26-,27-,32?/m0/s1. The van der Waals surface area contributed by atoms with Crippen LogP contribution in [-0.4, -0.2) is 104 Å². The molecule has 2 fully saturated rings. The summed E-state index contributed by atoms with van der Waals surface area (Å²) in [5.74, 6) is 1.95. The Bertz CT molecular complexity index is 1320. The summed E-state index contributed by atoms with van der Waals surface area (Å²) in [6, 6.07) is 12.4. The van der Waals surface area contributed by atoms with E-state index in [-0.39, 0.29) is 12.3 Å². The van der Waals surface area contributed by atoms with Crippen molar-refractivity contribution in [3.8, 4) is 6.07 Å². The van der Waals surface area contributed by atoms with Crippen LogP contribution in [0.2, 0.25) is 0 Å². The van der Waals surface area contributed by atoms with Crippen molar-refractivity contribution in [3.05, 3.63) is 53.7 Å². The fourth-order valence-corrected chi connectivity index (χ4v) is 7.82. The van der Waals surface area contributed by atoms with Crippen LogP contribution in [0.1, 0.15) is 49.9 Å². The van der Waals surface area contributed by atoms with E-state index >= 15 is 0 Å². The van der Waals surface area contributed by atoms with Gasteiger partial charge in [0.1, 0.15) is 12.0 Å². The summed E-state index contributed by atoms with van der Waals surface area (Å²) in [6.45, 7) is 16.1. The minimum Gasteiger partial charge on any atom is -0.368 e. The number of methoxy groups -OCH3 is 1. The molecule has 9 heteroatoms. The number of hydrogen-bond acceptors (Lipinski definition) is 9. The number of aromatic nitrogens is 2. The highest BCUT2D eigenvalue weighted by Crippen LogP contribution is 2.37. The number of benzene rings is 1. The number of fused-ring (bicyclic) bond motifs is 2. The molecule has 4 heterocycles. The van der Waals surface area contributed by atoms with E-state index in [1.54, 1.807) is 7.11 Å². The molecule has 0 amide bonds. The molecule has 1 aromatic heterocycles. The molecule has 0 bridgehead atoms. The molecule has 3 aliphatic heterocycles. The Morgan fingerprint density at radius 3 is 2.65 bits per heavy atom. The number of nitrogens with zero attached hydrogens (tertiary/aromatic N) is 8. The molecular weight excluding hydrogens is 536 g/mol. The van der Waals surface area contributed by atoms with Gasteiger partial charge >= 0.3 is 0 Å². The molecule has 6 rings (SSSR count). The van der Waals surface area contributed by atoms with Crippen LogP contribution in [0.3, 0.4) is 0 Å². The second-order valence-electron chi connectivity index (χ2n) is 12.4. The van der Waals surface area contributed by atoms with Gasteiger partial charge in [-0.15, -0.1) is 0 Å². The van der Waals surface area contributed by atoms with Crippen molar-refractivity contribution in [3.63, 3.8) is 0 Å². The Kier molecular flexibility index (Phi) is 9.17. The van der Waals surface area contributed by atoms with E-state index in [1.807, 2.05) is 6.08 Å². The van der Waals surface area contributed by atoms with Crippen LogP contribution in [0, 0.1) is 11.3 Å². The van der Waals surface area contributed by atoms with Crippen molar-refractivity contribution in [1.29, 1.82) is 5.26 Å². The summed E-state index contributed by atoms with van der Waals surface area (Å²) in [5.41, 5.74) is 5.40. The molecule has 1 aliphatic carbocycles. The van der Waals surface area contributed by atoms with Crippen molar-refractivity contribution in [2.45, 2.75) is 76.7 Å². The van der Waals surface area contributed by atoms with E-state index in [0.717, 1.165) is 83.4 Å². The van der Waals surface area contributed by atoms with E-state index in [0.29, 0.717) is 18.5 Å². The van der Waals surface area contributed by atoms with Crippen LogP contribution in [0.4, 0.5) is 17.5 Å². The number of rotatable bonds is 10. The van der Waals surface area contributed by atoms with Gasteiger partial charge in [-0.25, -0.2) is 4.98 Å². The van der Waals surface area contributed by atoms with Crippen molar-refractivity contribution < 1.29 is 4.74 Å². The largest absolute Gasteiger partial charge is 0.368 e. The third-order valence-corrected chi connectivity index (χ3v) is 10.2. The van der Waals surface area contributed by atoms with Crippen LogP contribution in [0.25, 0.3) is 0 Å². The van der Waals surface area contributed by atoms with Gasteiger partial charge in [0, 0.05) is 82.2 Å². The highest BCUT2D eigenvalue weighted by molar-refractivity contribution is 5.59. The SMILES string of the molecule is C=CC(OC)N1CCN(c2nc(N3CC(N(CC)CC)C3)nc3c2CC[C@H](N2CCCc4ccccc42)C3)C[C@@H]1CC#N. The smallest absolute Gasteiger partial charge is 0.227 e. The summed E-state index contributed by atoms with van der Waals surface area (Å²) < 4.78 is 5.70. The first-order valence-electron chi connectivity index (χ1n) is 16.3. The quantitative estimate of drug-likeness (QED) is 0.387. The van der Waals surface area contributed by atoms with Crippen molar-refractivity contribution in [1.82, 2.24) is 19.8 Å². The number of nitriles is 1. The second kappa shape index (κ2) is 13.2. The lowest BCUT2D eigenvalue weighted by Gasteiger charge is -2.47. The van der Waals surface area contributed by atoms with E-state index in [9.17, 15) is 5.26 Å². The predicted octanol–water partition coefficient (Wildman–Crippen LogP) is 3.88. The molecular formula is C34H48N8O. The minimum absolute atomic E-state index is 0.0491. The van der Waals surface area contributed by atoms with Crippen LogP contribution in [0.15, 0.2) is 36.9 Å². The Labute approximate surface area is 257 Å². The Morgan fingerprint density at radius 1 is 1.09 bits per heavy atom. The van der Waals surface area contributed by atoms with Gasteiger partial charge in [-0.2, -0.15) is 10.2 Å². The van der Waals surface area contributed by atoms with Gasteiger partial charge in [-0.1, -0.05) is 38.6 Å². The van der Waals surface area contributed by atoms with E-state index in [2.05, 4.69) is 75.3 Å². The summed E-state index contributed by atoms with van der Waals surface area (Å²) in [7, 11) is 1.71. The first kappa shape index (κ1) is 29.9. The highest BCUT2D eigenvalue weighted by atomic mass is 16.5. The lowest BCUT2D eigenvalue weighted by atomic mass is 9.88. The van der Waals surface area contributed by atoms with Crippen molar-refractivity contribution in [2.24, 2.45) is 0 Å². The minimum atomic E-state index is -0.193. The van der Waals surface area contributed by atoms with Crippen molar-refractivity contribution >= 4 is 17.5 Å². The Hall–Kier alpha value is -3.19. The number of anilines is 3. The van der Waals surface area contributed by atoms with Crippen LogP contribution in [0.5, 0.6) is 0 Å². The van der Waals surface area contributed by atoms with Crippen LogP contribution in [-0.2, 0) is 24.0 Å². The molecule has 9 nitrogen and oxygen atoms in total. The predicted molar refractivity (Wildman–Crippen MR) is 173 cm³/mol.